The van der Waals surface area contributed by atoms with Crippen LogP contribution in [-0.2, 0) is 6.18 Å². The number of hydrogen-bond acceptors (Lipinski definition) is 4. The molecule has 0 saturated carbocycles. The van der Waals surface area contributed by atoms with Gasteiger partial charge in [-0.3, -0.25) is 4.79 Å². The SMILES string of the molecule is O=C(c1cccc(F)c1C(F)(F)F)N1CCN(c2cccnn2)CC1. The Morgan fingerprint density at radius 3 is 2.36 bits per heavy atom. The van der Waals surface area contributed by atoms with Gasteiger partial charge in [-0.15, -0.1) is 5.10 Å². The average Bonchev–Trinajstić information content (AvgIpc) is 2.61. The van der Waals surface area contributed by atoms with Crippen LogP contribution in [0.25, 0.3) is 0 Å². The van der Waals surface area contributed by atoms with Gasteiger partial charge in [-0.1, -0.05) is 6.07 Å². The molecule has 1 aromatic carbocycles. The van der Waals surface area contributed by atoms with Gasteiger partial charge in [-0.05, 0) is 24.3 Å². The number of rotatable bonds is 2. The fourth-order valence-corrected chi connectivity index (χ4v) is 2.76. The van der Waals surface area contributed by atoms with Gasteiger partial charge in [0.1, 0.15) is 11.4 Å². The monoisotopic (exact) mass is 354 g/mol. The Bertz CT molecular complexity index is 758. The zero-order valence-corrected chi connectivity index (χ0v) is 13.0. The average molecular weight is 354 g/mol. The number of nitrogens with zero attached hydrogens (tertiary/aromatic N) is 4. The van der Waals surface area contributed by atoms with Gasteiger partial charge in [0, 0.05) is 32.4 Å². The first kappa shape index (κ1) is 17.1. The van der Waals surface area contributed by atoms with Crippen LogP contribution in [0.3, 0.4) is 0 Å². The van der Waals surface area contributed by atoms with Crippen molar-refractivity contribution in [3.63, 3.8) is 0 Å². The van der Waals surface area contributed by atoms with Crippen molar-refractivity contribution in [3.8, 4) is 0 Å². The van der Waals surface area contributed by atoms with E-state index in [-0.39, 0.29) is 13.1 Å². The van der Waals surface area contributed by atoms with Gasteiger partial charge >= 0.3 is 6.18 Å². The number of benzene rings is 1. The number of piperazine rings is 1. The summed E-state index contributed by atoms with van der Waals surface area (Å²) in [6.45, 7) is 1.23. The predicted molar refractivity (Wildman–Crippen MR) is 81.6 cm³/mol. The molecule has 132 valence electrons. The second-order valence-corrected chi connectivity index (χ2v) is 5.52. The van der Waals surface area contributed by atoms with Crippen LogP contribution in [0.5, 0.6) is 0 Å². The molecule has 1 aromatic heterocycles. The normalized spacial score (nSPS) is 15.4. The van der Waals surface area contributed by atoms with Crippen molar-refractivity contribution in [1.82, 2.24) is 15.1 Å². The third kappa shape index (κ3) is 3.54. The molecular weight excluding hydrogens is 340 g/mol. The summed E-state index contributed by atoms with van der Waals surface area (Å²) < 4.78 is 52.9. The highest BCUT2D eigenvalue weighted by Gasteiger charge is 2.39. The first-order valence-electron chi connectivity index (χ1n) is 7.55. The lowest BCUT2D eigenvalue weighted by Gasteiger charge is -2.35. The van der Waals surface area contributed by atoms with Crippen LogP contribution in [0.1, 0.15) is 15.9 Å². The van der Waals surface area contributed by atoms with Crippen molar-refractivity contribution in [2.24, 2.45) is 0 Å². The van der Waals surface area contributed by atoms with Crippen LogP contribution in [0, 0.1) is 5.82 Å². The molecule has 0 radical (unpaired) electrons. The van der Waals surface area contributed by atoms with Crippen molar-refractivity contribution in [2.45, 2.75) is 6.18 Å². The molecule has 1 aliphatic rings. The summed E-state index contributed by atoms with van der Waals surface area (Å²) in [5.74, 6) is -1.64. The maximum atomic E-state index is 13.6. The first-order chi connectivity index (χ1) is 11.9. The van der Waals surface area contributed by atoms with E-state index >= 15 is 0 Å². The van der Waals surface area contributed by atoms with Gasteiger partial charge in [0.2, 0.25) is 0 Å². The van der Waals surface area contributed by atoms with E-state index in [0.29, 0.717) is 25.0 Å². The second kappa shape index (κ2) is 6.66. The molecule has 1 saturated heterocycles. The third-order valence-corrected chi connectivity index (χ3v) is 3.98. The molecule has 0 unspecified atom stereocenters. The first-order valence-corrected chi connectivity index (χ1v) is 7.55. The van der Waals surface area contributed by atoms with Crippen LogP contribution in [0.15, 0.2) is 36.5 Å². The van der Waals surface area contributed by atoms with E-state index in [2.05, 4.69) is 10.2 Å². The van der Waals surface area contributed by atoms with Crippen LogP contribution in [0.4, 0.5) is 23.4 Å². The number of alkyl halides is 3. The lowest BCUT2D eigenvalue weighted by atomic mass is 10.0. The molecule has 0 bridgehead atoms. The Kier molecular flexibility index (Phi) is 4.56. The molecule has 2 aromatic rings. The van der Waals surface area contributed by atoms with Crippen LogP contribution in [0.2, 0.25) is 0 Å². The minimum absolute atomic E-state index is 0.212. The minimum Gasteiger partial charge on any atom is -0.352 e. The smallest absolute Gasteiger partial charge is 0.352 e. The van der Waals surface area contributed by atoms with Crippen molar-refractivity contribution in [2.75, 3.05) is 31.1 Å². The maximum Gasteiger partial charge on any atom is 0.420 e. The molecule has 2 heterocycles. The second-order valence-electron chi connectivity index (χ2n) is 5.52. The van der Waals surface area contributed by atoms with Gasteiger partial charge in [0.15, 0.2) is 5.82 Å². The number of anilines is 1. The summed E-state index contributed by atoms with van der Waals surface area (Å²) in [7, 11) is 0. The van der Waals surface area contributed by atoms with E-state index in [9.17, 15) is 22.4 Å². The fraction of sp³-hybridized carbons (Fsp3) is 0.312. The van der Waals surface area contributed by atoms with Gasteiger partial charge < -0.3 is 9.80 Å². The lowest BCUT2D eigenvalue weighted by Crippen LogP contribution is -2.49. The predicted octanol–water partition coefficient (Wildman–Crippen LogP) is 2.60. The molecule has 25 heavy (non-hydrogen) atoms. The van der Waals surface area contributed by atoms with Crippen LogP contribution >= 0.6 is 0 Å². The lowest BCUT2D eigenvalue weighted by molar-refractivity contribution is -0.140. The van der Waals surface area contributed by atoms with Gasteiger partial charge in [0.25, 0.3) is 5.91 Å². The summed E-state index contributed by atoms with van der Waals surface area (Å²) in [6.07, 6.45) is -3.40. The highest BCUT2D eigenvalue weighted by atomic mass is 19.4. The molecule has 1 fully saturated rings. The topological polar surface area (TPSA) is 49.3 Å². The molecule has 1 amide bonds. The Morgan fingerprint density at radius 1 is 1.04 bits per heavy atom. The molecular formula is C16H14F4N4O. The molecule has 0 atom stereocenters. The van der Waals surface area contributed by atoms with E-state index in [4.69, 9.17) is 0 Å². The molecule has 9 heteroatoms. The number of halogens is 4. The number of amides is 1. The minimum atomic E-state index is -4.93. The Balaban J connectivity index is 1.77. The zero-order chi connectivity index (χ0) is 18.0. The van der Waals surface area contributed by atoms with Gasteiger partial charge in [-0.2, -0.15) is 18.3 Å². The van der Waals surface area contributed by atoms with E-state index in [0.717, 1.165) is 12.1 Å². The molecule has 0 N–H and O–H groups in total. The third-order valence-electron chi connectivity index (χ3n) is 3.98. The standard InChI is InChI=1S/C16H14F4N4O/c17-12-4-1-3-11(14(12)16(18,19)20)15(25)24-9-7-23(8-10-24)13-5-2-6-21-22-13/h1-6H,7-10H2. The quantitative estimate of drug-likeness (QED) is 0.778. The number of carbonyl (C=O) groups excluding carboxylic acids is 1. The number of hydrogen-bond donors (Lipinski definition) is 0. The van der Waals surface area contributed by atoms with E-state index < -0.39 is 29.0 Å². The Hall–Kier alpha value is -2.71. The van der Waals surface area contributed by atoms with Crippen molar-refractivity contribution in [3.05, 3.63) is 53.5 Å². The molecule has 5 nitrogen and oxygen atoms in total. The van der Waals surface area contributed by atoms with Crippen LogP contribution in [-0.4, -0.2) is 47.2 Å². The highest BCUT2D eigenvalue weighted by Crippen LogP contribution is 2.34. The summed E-state index contributed by atoms with van der Waals surface area (Å²) in [5.41, 5.74) is -2.18. The Labute approximate surface area is 140 Å². The molecule has 0 aliphatic carbocycles. The maximum absolute atomic E-state index is 13.6. The molecule has 0 spiro atoms. The summed E-state index contributed by atoms with van der Waals surface area (Å²) in [5, 5.41) is 7.73. The van der Waals surface area contributed by atoms with E-state index in [1.807, 2.05) is 4.90 Å². The molecule has 3 rings (SSSR count). The van der Waals surface area contributed by atoms with Gasteiger partial charge in [0.05, 0.1) is 5.56 Å². The number of carbonyl (C=O) groups is 1. The van der Waals surface area contributed by atoms with Crippen molar-refractivity contribution < 1.29 is 22.4 Å². The van der Waals surface area contributed by atoms with Crippen molar-refractivity contribution in [1.29, 1.82) is 0 Å². The van der Waals surface area contributed by atoms with E-state index in [1.165, 1.54) is 11.1 Å². The fourth-order valence-electron chi connectivity index (χ4n) is 2.76. The molecule has 1 aliphatic heterocycles. The zero-order valence-electron chi connectivity index (χ0n) is 13.0. The Morgan fingerprint density at radius 2 is 1.76 bits per heavy atom. The summed E-state index contributed by atoms with van der Waals surface area (Å²) in [6, 6.07) is 6.30. The van der Waals surface area contributed by atoms with Crippen LogP contribution < -0.4 is 4.90 Å². The van der Waals surface area contributed by atoms with Crippen molar-refractivity contribution >= 4 is 11.7 Å². The number of aromatic nitrogens is 2. The summed E-state index contributed by atoms with van der Waals surface area (Å²) >= 11 is 0. The van der Waals surface area contributed by atoms with E-state index in [1.54, 1.807) is 12.1 Å². The largest absolute Gasteiger partial charge is 0.420 e. The highest BCUT2D eigenvalue weighted by molar-refractivity contribution is 5.96. The van der Waals surface area contributed by atoms with Gasteiger partial charge in [-0.25, -0.2) is 4.39 Å². The summed E-state index contributed by atoms with van der Waals surface area (Å²) in [4.78, 5) is 15.6.